The second-order valence-corrected chi connectivity index (χ2v) is 7.56. The molecule has 2 saturated carbocycles. The number of guanidine groups is 1. The van der Waals surface area contributed by atoms with Gasteiger partial charge < -0.3 is 19.7 Å². The minimum absolute atomic E-state index is 0. The van der Waals surface area contributed by atoms with Crippen molar-refractivity contribution in [2.75, 3.05) is 40.5 Å². The average molecular weight is 435 g/mol. The van der Waals surface area contributed by atoms with Crippen molar-refractivity contribution >= 4 is 29.9 Å². The summed E-state index contributed by atoms with van der Waals surface area (Å²) in [7, 11) is 3.71. The summed E-state index contributed by atoms with van der Waals surface area (Å²) in [4.78, 5) is 6.99. The van der Waals surface area contributed by atoms with E-state index in [0.717, 1.165) is 32.3 Å². The smallest absolute Gasteiger partial charge is 0.193 e. The van der Waals surface area contributed by atoms with Gasteiger partial charge in [-0.3, -0.25) is 4.99 Å². The van der Waals surface area contributed by atoms with Gasteiger partial charge in [0.15, 0.2) is 5.96 Å². The molecule has 2 aliphatic carbocycles. The average Bonchev–Trinajstić information content (AvgIpc) is 3.07. The highest BCUT2D eigenvalue weighted by atomic mass is 127. The van der Waals surface area contributed by atoms with E-state index >= 15 is 0 Å². The number of hydrogen-bond acceptors (Lipinski definition) is 3. The Morgan fingerprint density at radius 1 is 1.39 bits per heavy atom. The molecule has 0 aromatic heterocycles. The van der Waals surface area contributed by atoms with Gasteiger partial charge in [-0.15, -0.1) is 24.0 Å². The third-order valence-corrected chi connectivity index (χ3v) is 6.52. The molecular formula is C17H30IN3O2. The molecule has 2 heterocycles. The minimum atomic E-state index is 0. The van der Waals surface area contributed by atoms with E-state index in [1.807, 2.05) is 7.05 Å². The lowest BCUT2D eigenvalue weighted by Gasteiger charge is -2.63. The van der Waals surface area contributed by atoms with Crippen LogP contribution in [-0.2, 0) is 9.47 Å². The number of methoxy groups -OCH3 is 1. The fourth-order valence-corrected chi connectivity index (χ4v) is 5.29. The monoisotopic (exact) mass is 435 g/mol. The summed E-state index contributed by atoms with van der Waals surface area (Å²) < 4.78 is 11.3. The Labute approximate surface area is 156 Å². The van der Waals surface area contributed by atoms with E-state index in [1.165, 1.54) is 32.1 Å². The fraction of sp³-hybridized carbons (Fsp3) is 0.941. The van der Waals surface area contributed by atoms with Crippen LogP contribution in [0.4, 0.5) is 0 Å². The van der Waals surface area contributed by atoms with Crippen molar-refractivity contribution in [1.29, 1.82) is 0 Å². The molecular weight excluding hydrogens is 405 g/mol. The lowest BCUT2D eigenvalue weighted by Crippen LogP contribution is -2.72. The quantitative estimate of drug-likeness (QED) is 0.419. The van der Waals surface area contributed by atoms with E-state index in [4.69, 9.17) is 9.47 Å². The van der Waals surface area contributed by atoms with Crippen molar-refractivity contribution in [3.63, 3.8) is 0 Å². The molecule has 0 aromatic carbocycles. The lowest BCUT2D eigenvalue weighted by atomic mass is 9.46. The molecule has 1 spiro atoms. The number of hydrogen-bond donors (Lipinski definition) is 1. The summed E-state index contributed by atoms with van der Waals surface area (Å²) in [6, 6.07) is 0.578. The predicted octanol–water partition coefficient (Wildman–Crippen LogP) is 2.11. The number of nitrogens with zero attached hydrogens (tertiary/aromatic N) is 2. The van der Waals surface area contributed by atoms with E-state index in [-0.39, 0.29) is 24.0 Å². The van der Waals surface area contributed by atoms with Crippen LogP contribution in [0.2, 0.25) is 0 Å². The van der Waals surface area contributed by atoms with Crippen LogP contribution in [0.1, 0.15) is 32.1 Å². The van der Waals surface area contributed by atoms with Crippen LogP contribution in [-0.4, -0.2) is 63.5 Å². The molecule has 4 rings (SSSR count). The summed E-state index contributed by atoms with van der Waals surface area (Å²) in [5.74, 6) is 2.44. The highest BCUT2D eigenvalue weighted by Crippen LogP contribution is 2.62. The van der Waals surface area contributed by atoms with E-state index < -0.39 is 0 Å². The SMILES string of the molecule is CN=C(NC1C2CCOC2C12CCC2)N1CCC(COC)C1.I. The van der Waals surface area contributed by atoms with Crippen LogP contribution < -0.4 is 5.32 Å². The van der Waals surface area contributed by atoms with Gasteiger partial charge in [0.2, 0.25) is 0 Å². The van der Waals surface area contributed by atoms with Crippen molar-refractivity contribution < 1.29 is 9.47 Å². The summed E-state index contributed by atoms with van der Waals surface area (Å²) in [5.41, 5.74) is 0.419. The van der Waals surface area contributed by atoms with Gasteiger partial charge in [0.1, 0.15) is 0 Å². The maximum Gasteiger partial charge on any atom is 0.193 e. The van der Waals surface area contributed by atoms with Crippen LogP contribution >= 0.6 is 24.0 Å². The van der Waals surface area contributed by atoms with Crippen molar-refractivity contribution in [1.82, 2.24) is 10.2 Å². The number of nitrogens with one attached hydrogen (secondary N) is 1. The Balaban J connectivity index is 0.00000156. The first-order valence-corrected chi connectivity index (χ1v) is 8.87. The Kier molecular flexibility index (Phi) is 5.43. The molecule has 132 valence electrons. The molecule has 6 heteroatoms. The van der Waals surface area contributed by atoms with Crippen LogP contribution in [0, 0.1) is 17.3 Å². The maximum atomic E-state index is 6.02. The molecule has 0 aromatic rings. The summed E-state index contributed by atoms with van der Waals surface area (Å²) in [6.07, 6.45) is 6.97. The van der Waals surface area contributed by atoms with Crippen LogP contribution in [0.25, 0.3) is 0 Å². The molecule has 4 fully saturated rings. The second-order valence-electron chi connectivity index (χ2n) is 7.56. The standard InChI is InChI=1S/C17H29N3O2.HI/c1-18-16(20-8-4-12(10-20)11-21-2)19-14-13-5-9-22-15(13)17(14)6-3-7-17;/h12-15H,3-11H2,1-2H3,(H,18,19);1H. The molecule has 0 amide bonds. The molecule has 4 atom stereocenters. The summed E-state index contributed by atoms with van der Waals surface area (Å²) in [5, 5.41) is 3.83. The van der Waals surface area contributed by atoms with Crippen LogP contribution in [0.3, 0.4) is 0 Å². The first-order valence-electron chi connectivity index (χ1n) is 8.87. The molecule has 5 nitrogen and oxygen atoms in total. The van der Waals surface area contributed by atoms with Gasteiger partial charge in [-0.1, -0.05) is 6.42 Å². The Morgan fingerprint density at radius 2 is 2.22 bits per heavy atom. The number of fused-ring (bicyclic) bond motifs is 2. The van der Waals surface area contributed by atoms with E-state index in [9.17, 15) is 0 Å². The Morgan fingerprint density at radius 3 is 2.87 bits per heavy atom. The van der Waals surface area contributed by atoms with Crippen LogP contribution in [0.5, 0.6) is 0 Å². The fourth-order valence-electron chi connectivity index (χ4n) is 5.29. The number of halogens is 1. The maximum absolute atomic E-state index is 6.02. The molecule has 1 N–H and O–H groups in total. The van der Waals surface area contributed by atoms with Crippen molar-refractivity contribution in [3.8, 4) is 0 Å². The van der Waals surface area contributed by atoms with Gasteiger partial charge in [-0.25, -0.2) is 0 Å². The Bertz CT molecular complexity index is 455. The zero-order valence-corrected chi connectivity index (χ0v) is 16.6. The van der Waals surface area contributed by atoms with Gasteiger partial charge in [0.05, 0.1) is 12.7 Å². The highest BCUT2D eigenvalue weighted by Gasteiger charge is 2.66. The number of rotatable bonds is 3. The van der Waals surface area contributed by atoms with Gasteiger partial charge >= 0.3 is 0 Å². The normalized spacial score (nSPS) is 37.8. The number of likely N-dealkylation sites (tertiary alicyclic amines) is 1. The molecule has 2 saturated heterocycles. The number of aliphatic imine (C=N–C) groups is 1. The van der Waals surface area contributed by atoms with Crippen molar-refractivity contribution in [2.45, 2.75) is 44.2 Å². The third-order valence-electron chi connectivity index (χ3n) is 6.52. The molecule has 4 unspecified atom stereocenters. The van der Waals surface area contributed by atoms with Crippen LogP contribution in [0.15, 0.2) is 4.99 Å². The van der Waals surface area contributed by atoms with E-state index in [1.54, 1.807) is 7.11 Å². The molecule has 2 aliphatic heterocycles. The largest absolute Gasteiger partial charge is 0.384 e. The van der Waals surface area contributed by atoms with E-state index in [2.05, 4.69) is 15.2 Å². The molecule has 0 bridgehead atoms. The first kappa shape index (κ1) is 17.7. The first-order chi connectivity index (χ1) is 10.8. The second kappa shape index (κ2) is 7.04. The molecule has 23 heavy (non-hydrogen) atoms. The molecule has 4 aliphatic rings. The third kappa shape index (κ3) is 2.78. The van der Waals surface area contributed by atoms with Gasteiger partial charge in [0, 0.05) is 57.1 Å². The van der Waals surface area contributed by atoms with Gasteiger partial charge in [0.25, 0.3) is 0 Å². The zero-order chi connectivity index (χ0) is 15.2. The summed E-state index contributed by atoms with van der Waals surface area (Å²) >= 11 is 0. The van der Waals surface area contributed by atoms with Gasteiger partial charge in [-0.05, 0) is 25.7 Å². The zero-order valence-electron chi connectivity index (χ0n) is 14.3. The number of ether oxygens (including phenoxy) is 2. The van der Waals surface area contributed by atoms with Crippen molar-refractivity contribution in [3.05, 3.63) is 0 Å². The predicted molar refractivity (Wildman–Crippen MR) is 101 cm³/mol. The highest BCUT2D eigenvalue weighted by molar-refractivity contribution is 14.0. The molecule has 0 radical (unpaired) electrons. The van der Waals surface area contributed by atoms with E-state index in [0.29, 0.717) is 29.4 Å². The van der Waals surface area contributed by atoms with Crippen molar-refractivity contribution in [2.24, 2.45) is 22.2 Å². The van der Waals surface area contributed by atoms with Gasteiger partial charge in [-0.2, -0.15) is 0 Å². The lowest BCUT2D eigenvalue weighted by molar-refractivity contribution is -0.171. The minimum Gasteiger partial charge on any atom is -0.384 e. The summed E-state index contributed by atoms with van der Waals surface area (Å²) in [6.45, 7) is 3.97. The topological polar surface area (TPSA) is 46.1 Å². The Hall–Kier alpha value is -0.0800.